The first-order chi connectivity index (χ1) is 17.7. The van der Waals surface area contributed by atoms with Crippen LogP contribution in [-0.2, 0) is 28.8 Å². The first-order valence-electron chi connectivity index (χ1n) is 13.4. The van der Waals surface area contributed by atoms with Crippen molar-refractivity contribution in [1.29, 1.82) is 0 Å². The molecule has 1 aliphatic heterocycles. The average Bonchev–Trinajstić information content (AvgIpc) is 2.86. The van der Waals surface area contributed by atoms with Crippen LogP contribution in [0.15, 0.2) is 42.5 Å². The molecule has 2 aromatic rings. The first-order valence-corrected chi connectivity index (χ1v) is 13.4. The van der Waals surface area contributed by atoms with Gasteiger partial charge in [0.25, 0.3) is 0 Å². The Balaban J connectivity index is 1.52. The zero-order valence-electron chi connectivity index (χ0n) is 22.5. The summed E-state index contributed by atoms with van der Waals surface area (Å²) in [6.07, 6.45) is 5.64. The van der Waals surface area contributed by atoms with E-state index in [1.807, 2.05) is 18.2 Å². The van der Waals surface area contributed by atoms with Crippen LogP contribution in [0.2, 0.25) is 0 Å². The number of carboxylic acids is 1. The van der Waals surface area contributed by atoms with E-state index in [4.69, 9.17) is 9.72 Å². The van der Waals surface area contributed by atoms with Crippen LogP contribution >= 0.6 is 0 Å². The number of carbonyl (C=O) groups is 2. The molecule has 2 heterocycles. The smallest absolute Gasteiger partial charge is 0.408 e. The molecule has 1 aromatic carbocycles. The number of aliphatic carboxylic acids is 1. The summed E-state index contributed by atoms with van der Waals surface area (Å²) in [6.45, 7) is 8.50. The van der Waals surface area contributed by atoms with Crippen LogP contribution in [0.25, 0.3) is 0 Å². The quantitative estimate of drug-likeness (QED) is 0.336. The molecule has 0 unspecified atom stereocenters. The number of rotatable bonds is 13. The number of aryl methyl sites for hydroxylation is 2. The fourth-order valence-corrected chi connectivity index (χ4v) is 4.44. The second kappa shape index (κ2) is 14.0. The van der Waals surface area contributed by atoms with E-state index in [-0.39, 0.29) is 0 Å². The standard InChI is InChI=1S/C29H42N4O4/c1-29(2,3)37-28(36)32-25(27(34)35)17-21-33(20-16-22-10-5-4-6-11-22)19-8-7-13-24-15-14-23-12-9-18-30-26(23)31-24/h4-6,10-11,14-15,25H,7-9,12-13,16-21H2,1-3H3,(H,30,31)(H,32,36)(H,34,35)/t25-/m0/s1. The Bertz CT molecular complexity index is 1010. The van der Waals surface area contributed by atoms with Crippen LogP contribution in [0.5, 0.6) is 0 Å². The molecular formula is C29H42N4O4. The maximum atomic E-state index is 12.1. The van der Waals surface area contributed by atoms with Crippen molar-refractivity contribution in [3.63, 3.8) is 0 Å². The van der Waals surface area contributed by atoms with Gasteiger partial charge in [-0.3, -0.25) is 0 Å². The molecule has 0 fully saturated rings. The molecule has 1 aliphatic rings. The summed E-state index contributed by atoms with van der Waals surface area (Å²) in [5.41, 5.74) is 2.98. The number of anilines is 1. The lowest BCUT2D eigenvalue weighted by molar-refractivity contribution is -0.139. The third-order valence-corrected chi connectivity index (χ3v) is 6.39. The molecule has 0 aliphatic carbocycles. The number of fused-ring (bicyclic) bond motifs is 1. The van der Waals surface area contributed by atoms with Gasteiger partial charge in [0.15, 0.2) is 0 Å². The van der Waals surface area contributed by atoms with Crippen LogP contribution in [0.3, 0.4) is 0 Å². The molecule has 0 spiro atoms. The highest BCUT2D eigenvalue weighted by atomic mass is 16.6. The maximum Gasteiger partial charge on any atom is 0.408 e. The minimum atomic E-state index is -1.05. The minimum Gasteiger partial charge on any atom is -0.480 e. The molecule has 1 amide bonds. The monoisotopic (exact) mass is 510 g/mol. The number of alkyl carbamates (subject to hydrolysis) is 1. The normalized spacial score (nSPS) is 13.9. The lowest BCUT2D eigenvalue weighted by Crippen LogP contribution is -2.45. The number of pyridine rings is 1. The van der Waals surface area contributed by atoms with Crippen LogP contribution in [0, 0.1) is 0 Å². The fourth-order valence-electron chi connectivity index (χ4n) is 4.44. The van der Waals surface area contributed by atoms with E-state index in [0.717, 1.165) is 69.7 Å². The molecule has 3 N–H and O–H groups in total. The zero-order valence-corrected chi connectivity index (χ0v) is 22.5. The zero-order chi connectivity index (χ0) is 26.7. The van der Waals surface area contributed by atoms with Crippen molar-refractivity contribution in [3.05, 3.63) is 59.3 Å². The van der Waals surface area contributed by atoms with E-state index < -0.39 is 23.7 Å². The molecule has 202 valence electrons. The van der Waals surface area contributed by atoms with Crippen LogP contribution in [0.1, 0.15) is 63.3 Å². The molecule has 0 bridgehead atoms. The molecule has 0 saturated heterocycles. The highest BCUT2D eigenvalue weighted by Gasteiger charge is 2.24. The van der Waals surface area contributed by atoms with Crippen molar-refractivity contribution >= 4 is 17.9 Å². The van der Waals surface area contributed by atoms with Gasteiger partial charge in [-0.1, -0.05) is 36.4 Å². The predicted octanol–water partition coefficient (Wildman–Crippen LogP) is 4.68. The van der Waals surface area contributed by atoms with Gasteiger partial charge in [0.05, 0.1) is 0 Å². The van der Waals surface area contributed by atoms with Gasteiger partial charge in [-0.15, -0.1) is 0 Å². The second-order valence-corrected chi connectivity index (χ2v) is 10.7. The Hall–Kier alpha value is -3.13. The molecule has 0 radical (unpaired) electrons. The Morgan fingerprint density at radius 1 is 1.08 bits per heavy atom. The maximum absolute atomic E-state index is 12.1. The van der Waals surface area contributed by atoms with Crippen LogP contribution < -0.4 is 10.6 Å². The van der Waals surface area contributed by atoms with Crippen molar-refractivity contribution in [2.45, 2.75) is 77.4 Å². The number of carbonyl (C=O) groups excluding carboxylic acids is 1. The molecule has 3 rings (SSSR count). The molecule has 37 heavy (non-hydrogen) atoms. The van der Waals surface area contributed by atoms with Crippen molar-refractivity contribution in [1.82, 2.24) is 15.2 Å². The van der Waals surface area contributed by atoms with E-state index in [1.54, 1.807) is 20.8 Å². The molecule has 8 heteroatoms. The lowest BCUT2D eigenvalue weighted by atomic mass is 10.1. The number of ether oxygens (including phenoxy) is 1. The van der Waals surface area contributed by atoms with Gasteiger partial charge in [0.1, 0.15) is 17.5 Å². The van der Waals surface area contributed by atoms with Crippen molar-refractivity contribution in [2.24, 2.45) is 0 Å². The van der Waals surface area contributed by atoms with Gasteiger partial charge in [0, 0.05) is 25.3 Å². The predicted molar refractivity (Wildman–Crippen MR) is 146 cm³/mol. The third-order valence-electron chi connectivity index (χ3n) is 6.39. The second-order valence-electron chi connectivity index (χ2n) is 10.7. The summed E-state index contributed by atoms with van der Waals surface area (Å²) in [7, 11) is 0. The number of nitrogens with one attached hydrogen (secondary N) is 2. The number of amides is 1. The Morgan fingerprint density at radius 3 is 2.59 bits per heavy atom. The van der Waals surface area contributed by atoms with Crippen molar-refractivity contribution in [3.8, 4) is 0 Å². The van der Waals surface area contributed by atoms with Crippen LogP contribution in [0.4, 0.5) is 10.6 Å². The van der Waals surface area contributed by atoms with Crippen molar-refractivity contribution < 1.29 is 19.4 Å². The minimum absolute atomic E-state index is 0.307. The van der Waals surface area contributed by atoms with E-state index in [9.17, 15) is 14.7 Å². The topological polar surface area (TPSA) is 104 Å². The Morgan fingerprint density at radius 2 is 1.86 bits per heavy atom. The highest BCUT2D eigenvalue weighted by molar-refractivity contribution is 5.80. The average molecular weight is 511 g/mol. The van der Waals surface area contributed by atoms with E-state index in [1.165, 1.54) is 11.1 Å². The summed E-state index contributed by atoms with van der Waals surface area (Å²) in [4.78, 5) is 31.0. The number of benzene rings is 1. The van der Waals surface area contributed by atoms with Gasteiger partial charge in [-0.25, -0.2) is 14.6 Å². The Kier molecular flexibility index (Phi) is 10.7. The summed E-state index contributed by atoms with van der Waals surface area (Å²) in [5, 5.41) is 15.6. The molecule has 1 atom stereocenters. The van der Waals surface area contributed by atoms with Crippen molar-refractivity contribution in [2.75, 3.05) is 31.5 Å². The molecule has 0 saturated carbocycles. The first kappa shape index (κ1) is 28.4. The number of nitrogens with zero attached hydrogens (tertiary/aromatic N) is 2. The number of unbranched alkanes of at least 4 members (excludes halogenated alkanes) is 1. The molecule has 8 nitrogen and oxygen atoms in total. The fraction of sp³-hybridized carbons (Fsp3) is 0.552. The third kappa shape index (κ3) is 10.4. The molecule has 1 aromatic heterocycles. The lowest BCUT2D eigenvalue weighted by Gasteiger charge is -2.25. The van der Waals surface area contributed by atoms with E-state index in [0.29, 0.717) is 13.0 Å². The SMILES string of the molecule is CC(C)(C)OC(=O)N[C@@H](CCN(CCCCc1ccc2c(n1)NCCC2)CCc1ccccc1)C(=O)O. The van der Waals surface area contributed by atoms with Gasteiger partial charge in [-0.05, 0) is 89.5 Å². The number of hydrogen-bond acceptors (Lipinski definition) is 6. The van der Waals surface area contributed by atoms with E-state index >= 15 is 0 Å². The van der Waals surface area contributed by atoms with Crippen LogP contribution in [-0.4, -0.2) is 64.9 Å². The largest absolute Gasteiger partial charge is 0.480 e. The summed E-state index contributed by atoms with van der Waals surface area (Å²) in [5.74, 6) is -0.0219. The molecular weight excluding hydrogens is 468 g/mol. The summed E-state index contributed by atoms with van der Waals surface area (Å²) >= 11 is 0. The summed E-state index contributed by atoms with van der Waals surface area (Å²) < 4.78 is 5.25. The Labute approximate surface area is 220 Å². The van der Waals surface area contributed by atoms with Gasteiger partial charge >= 0.3 is 12.1 Å². The van der Waals surface area contributed by atoms with Gasteiger partial charge in [-0.2, -0.15) is 0 Å². The van der Waals surface area contributed by atoms with Gasteiger partial charge in [0.2, 0.25) is 0 Å². The van der Waals surface area contributed by atoms with Gasteiger partial charge < -0.3 is 25.4 Å². The summed E-state index contributed by atoms with van der Waals surface area (Å²) in [6, 6.07) is 13.6. The highest BCUT2D eigenvalue weighted by Crippen LogP contribution is 2.20. The number of aromatic nitrogens is 1. The number of hydrogen-bond donors (Lipinski definition) is 3. The van der Waals surface area contributed by atoms with E-state index in [2.05, 4.69) is 39.8 Å². The number of carboxylic acid groups (broad SMARTS) is 1.